The highest BCUT2D eigenvalue weighted by molar-refractivity contribution is 5.76. The molecule has 0 aliphatic rings. The Bertz CT molecular complexity index is 493. The van der Waals surface area contributed by atoms with Crippen LogP contribution in [-0.2, 0) is 4.79 Å². The zero-order valence-corrected chi connectivity index (χ0v) is 11.8. The smallest absolute Gasteiger partial charge is 0.317 e. The minimum Gasteiger partial charge on any atom is -0.481 e. The summed E-state index contributed by atoms with van der Waals surface area (Å²) >= 11 is 0. The van der Waals surface area contributed by atoms with E-state index in [1.165, 1.54) is 24.9 Å². The number of nitrogens with zero attached hydrogens (tertiary/aromatic N) is 1. The molecule has 0 aromatic heterocycles. The third kappa shape index (κ3) is 4.22. The third-order valence-electron chi connectivity index (χ3n) is 3.03. The lowest BCUT2D eigenvalue weighted by Gasteiger charge is -2.23. The fourth-order valence-corrected chi connectivity index (χ4v) is 1.77. The Balaban J connectivity index is 2.62. The summed E-state index contributed by atoms with van der Waals surface area (Å²) in [6.07, 6.45) is 0. The van der Waals surface area contributed by atoms with E-state index in [1.807, 2.05) is 0 Å². The highest BCUT2D eigenvalue weighted by Crippen LogP contribution is 2.16. The minimum atomic E-state index is -0.966. The van der Waals surface area contributed by atoms with Crippen LogP contribution >= 0.6 is 0 Å². The number of nitrogens with one attached hydrogen (secondary N) is 1. The molecular weight excluding hydrogens is 263 g/mol. The lowest BCUT2D eigenvalue weighted by Crippen LogP contribution is -2.41. The molecule has 5 nitrogen and oxygen atoms in total. The number of benzene rings is 1. The zero-order chi connectivity index (χ0) is 15.3. The standard InChI is InChI=1S/C14H19FN2O3/c1-9(13(18)19)8-17(3)14(20)16-10(2)11-6-4-5-7-12(11)15/h4-7,9-10H,8H2,1-3H3,(H,16,20)(H,18,19). The maximum atomic E-state index is 13.6. The molecule has 0 bridgehead atoms. The zero-order valence-electron chi connectivity index (χ0n) is 11.8. The van der Waals surface area contributed by atoms with Gasteiger partial charge in [-0.1, -0.05) is 25.1 Å². The van der Waals surface area contributed by atoms with Gasteiger partial charge in [0.1, 0.15) is 5.82 Å². The molecule has 110 valence electrons. The predicted octanol–water partition coefficient (Wildman–Crippen LogP) is 2.25. The number of hydrogen-bond donors (Lipinski definition) is 2. The van der Waals surface area contributed by atoms with E-state index in [-0.39, 0.29) is 12.4 Å². The van der Waals surface area contributed by atoms with Crippen LogP contribution in [0.25, 0.3) is 0 Å². The largest absolute Gasteiger partial charge is 0.481 e. The van der Waals surface area contributed by atoms with Gasteiger partial charge in [0.2, 0.25) is 0 Å². The van der Waals surface area contributed by atoms with Gasteiger partial charge in [0.05, 0.1) is 12.0 Å². The van der Waals surface area contributed by atoms with E-state index in [0.717, 1.165) is 0 Å². The van der Waals surface area contributed by atoms with Crippen LogP contribution in [-0.4, -0.2) is 35.6 Å². The maximum absolute atomic E-state index is 13.6. The fraction of sp³-hybridized carbons (Fsp3) is 0.429. The van der Waals surface area contributed by atoms with Gasteiger partial charge < -0.3 is 15.3 Å². The molecule has 0 fully saturated rings. The average Bonchev–Trinajstić information content (AvgIpc) is 2.38. The van der Waals surface area contributed by atoms with Gasteiger partial charge in [-0.05, 0) is 13.0 Å². The summed E-state index contributed by atoms with van der Waals surface area (Å²) in [6.45, 7) is 3.28. The van der Waals surface area contributed by atoms with Gasteiger partial charge >= 0.3 is 12.0 Å². The van der Waals surface area contributed by atoms with Gasteiger partial charge in [-0.3, -0.25) is 4.79 Å². The molecule has 0 spiro atoms. The van der Waals surface area contributed by atoms with Gasteiger partial charge in [-0.2, -0.15) is 0 Å². The summed E-state index contributed by atoms with van der Waals surface area (Å²) < 4.78 is 13.6. The van der Waals surface area contributed by atoms with E-state index in [4.69, 9.17) is 5.11 Å². The molecule has 6 heteroatoms. The van der Waals surface area contributed by atoms with Crippen molar-refractivity contribution in [3.8, 4) is 0 Å². The van der Waals surface area contributed by atoms with Crippen LogP contribution in [0.2, 0.25) is 0 Å². The Hall–Kier alpha value is -2.11. The second-order valence-electron chi connectivity index (χ2n) is 4.81. The average molecular weight is 282 g/mol. The van der Waals surface area contributed by atoms with Crippen molar-refractivity contribution in [2.24, 2.45) is 5.92 Å². The van der Waals surface area contributed by atoms with Gasteiger partial charge in [-0.25, -0.2) is 9.18 Å². The van der Waals surface area contributed by atoms with E-state index in [9.17, 15) is 14.0 Å². The molecule has 2 N–H and O–H groups in total. The molecule has 1 aromatic rings. The first-order chi connectivity index (χ1) is 9.32. The number of hydrogen-bond acceptors (Lipinski definition) is 2. The van der Waals surface area contributed by atoms with Crippen molar-refractivity contribution >= 4 is 12.0 Å². The number of carboxylic acid groups (broad SMARTS) is 1. The van der Waals surface area contributed by atoms with Crippen LogP contribution < -0.4 is 5.32 Å². The van der Waals surface area contributed by atoms with E-state index in [2.05, 4.69) is 5.32 Å². The Morgan fingerprint density at radius 3 is 2.50 bits per heavy atom. The molecule has 1 rings (SSSR count). The van der Waals surface area contributed by atoms with Crippen molar-refractivity contribution < 1.29 is 19.1 Å². The topological polar surface area (TPSA) is 69.6 Å². The van der Waals surface area contributed by atoms with Gasteiger partial charge in [0.15, 0.2) is 0 Å². The van der Waals surface area contributed by atoms with E-state index in [0.29, 0.717) is 5.56 Å². The van der Waals surface area contributed by atoms with Crippen LogP contribution in [0.1, 0.15) is 25.5 Å². The lowest BCUT2D eigenvalue weighted by molar-refractivity contribution is -0.141. The van der Waals surface area contributed by atoms with E-state index in [1.54, 1.807) is 25.1 Å². The number of carboxylic acids is 1. The van der Waals surface area contributed by atoms with Gasteiger partial charge in [-0.15, -0.1) is 0 Å². The quantitative estimate of drug-likeness (QED) is 0.870. The van der Waals surface area contributed by atoms with Crippen LogP contribution in [0.4, 0.5) is 9.18 Å². The Kier molecular flexibility index (Phi) is 5.49. The van der Waals surface area contributed by atoms with Crippen LogP contribution in [0.5, 0.6) is 0 Å². The van der Waals surface area contributed by atoms with Crippen LogP contribution in [0.3, 0.4) is 0 Å². The summed E-state index contributed by atoms with van der Waals surface area (Å²) in [5.41, 5.74) is 0.389. The number of amides is 2. The summed E-state index contributed by atoms with van der Waals surface area (Å²) in [4.78, 5) is 23.9. The molecule has 0 aliphatic carbocycles. The van der Waals surface area contributed by atoms with Crippen LogP contribution in [0.15, 0.2) is 24.3 Å². The highest BCUT2D eigenvalue weighted by atomic mass is 19.1. The molecule has 20 heavy (non-hydrogen) atoms. The molecule has 0 radical (unpaired) electrons. The second-order valence-corrected chi connectivity index (χ2v) is 4.81. The number of rotatable bonds is 5. The van der Waals surface area contributed by atoms with Crippen molar-refractivity contribution in [1.29, 1.82) is 0 Å². The van der Waals surface area contributed by atoms with Gasteiger partial charge in [0.25, 0.3) is 0 Å². The molecule has 2 unspecified atom stereocenters. The van der Waals surface area contributed by atoms with E-state index >= 15 is 0 Å². The van der Waals surface area contributed by atoms with Crippen molar-refractivity contribution in [2.45, 2.75) is 19.9 Å². The SMILES string of the molecule is CC(CN(C)C(=O)NC(C)c1ccccc1F)C(=O)O. The second kappa shape index (κ2) is 6.88. The van der Waals surface area contributed by atoms with Crippen LogP contribution in [0, 0.1) is 11.7 Å². The van der Waals surface area contributed by atoms with E-state index < -0.39 is 24.0 Å². The third-order valence-corrected chi connectivity index (χ3v) is 3.03. The summed E-state index contributed by atoms with van der Waals surface area (Å²) in [5.74, 6) is -2.01. The molecule has 0 heterocycles. The van der Waals surface area contributed by atoms with Crippen molar-refractivity contribution in [2.75, 3.05) is 13.6 Å². The molecule has 0 saturated carbocycles. The van der Waals surface area contributed by atoms with Gasteiger partial charge in [0, 0.05) is 19.2 Å². The van der Waals surface area contributed by atoms with Crippen molar-refractivity contribution in [1.82, 2.24) is 10.2 Å². The van der Waals surface area contributed by atoms with Crippen molar-refractivity contribution in [3.63, 3.8) is 0 Å². The Labute approximate surface area is 117 Å². The Morgan fingerprint density at radius 1 is 1.35 bits per heavy atom. The van der Waals surface area contributed by atoms with Crippen molar-refractivity contribution in [3.05, 3.63) is 35.6 Å². The number of aliphatic carboxylic acids is 1. The number of halogens is 1. The first kappa shape index (κ1) is 15.9. The monoisotopic (exact) mass is 282 g/mol. The summed E-state index contributed by atoms with van der Waals surface area (Å²) in [5, 5.41) is 11.4. The lowest BCUT2D eigenvalue weighted by atomic mass is 10.1. The molecule has 0 aliphatic heterocycles. The normalized spacial score (nSPS) is 13.4. The Morgan fingerprint density at radius 2 is 1.95 bits per heavy atom. The molecule has 1 aromatic carbocycles. The summed E-state index contributed by atoms with van der Waals surface area (Å²) in [7, 11) is 1.50. The molecular formula is C14H19FN2O3. The number of urea groups is 1. The fourth-order valence-electron chi connectivity index (χ4n) is 1.77. The number of carbonyl (C=O) groups excluding carboxylic acids is 1. The molecule has 2 atom stereocenters. The molecule has 0 saturated heterocycles. The first-order valence-corrected chi connectivity index (χ1v) is 6.31. The predicted molar refractivity (Wildman–Crippen MR) is 72.8 cm³/mol. The highest BCUT2D eigenvalue weighted by Gasteiger charge is 2.19. The number of carbonyl (C=O) groups is 2. The molecule has 2 amide bonds. The maximum Gasteiger partial charge on any atom is 0.317 e. The summed E-state index contributed by atoms with van der Waals surface area (Å²) in [6, 6.07) is 5.26. The first-order valence-electron chi connectivity index (χ1n) is 6.31. The minimum absolute atomic E-state index is 0.0885.